The number of cyclic esters (lactones) is 1. The van der Waals surface area contributed by atoms with Gasteiger partial charge in [-0.05, 0) is 38.7 Å². The van der Waals surface area contributed by atoms with Gasteiger partial charge >= 0.3 is 5.97 Å². The summed E-state index contributed by atoms with van der Waals surface area (Å²) < 4.78 is 12.0. The summed E-state index contributed by atoms with van der Waals surface area (Å²) in [6.45, 7) is 5.66. The molecule has 5 atom stereocenters. The van der Waals surface area contributed by atoms with Crippen LogP contribution < -0.4 is 0 Å². The molecule has 1 spiro atoms. The molecule has 0 aromatic rings. The average molecular weight is 461 g/mol. The van der Waals surface area contributed by atoms with E-state index >= 15 is 0 Å². The lowest BCUT2D eigenvalue weighted by Gasteiger charge is -2.37. The van der Waals surface area contributed by atoms with Crippen molar-refractivity contribution in [3.8, 4) is 0 Å². The fraction of sp³-hybridized carbons (Fsp3) is 0.720. The summed E-state index contributed by atoms with van der Waals surface area (Å²) in [4.78, 5) is 44.2. The van der Waals surface area contributed by atoms with E-state index in [1.54, 1.807) is 11.0 Å². The lowest BCUT2D eigenvalue weighted by atomic mass is 9.75. The molecular weight excluding hydrogens is 424 g/mol. The van der Waals surface area contributed by atoms with Crippen LogP contribution in [-0.4, -0.2) is 82.8 Å². The fourth-order valence-corrected chi connectivity index (χ4v) is 5.97. The van der Waals surface area contributed by atoms with Crippen molar-refractivity contribution >= 4 is 17.8 Å². The van der Waals surface area contributed by atoms with Crippen LogP contribution in [0, 0.1) is 11.8 Å². The zero-order valence-corrected chi connectivity index (χ0v) is 19.7. The van der Waals surface area contributed by atoms with E-state index in [9.17, 15) is 14.4 Å². The Morgan fingerprint density at radius 3 is 2.55 bits per heavy atom. The number of aliphatic hydroxyl groups is 1. The molecule has 4 aliphatic heterocycles. The monoisotopic (exact) mass is 460 g/mol. The van der Waals surface area contributed by atoms with E-state index in [2.05, 4.69) is 6.92 Å². The molecule has 8 heteroatoms. The van der Waals surface area contributed by atoms with E-state index in [4.69, 9.17) is 14.6 Å². The number of likely N-dealkylation sites (tertiary alicyclic amines) is 1. The first-order chi connectivity index (χ1) is 15.9. The van der Waals surface area contributed by atoms with Crippen molar-refractivity contribution in [1.29, 1.82) is 0 Å². The van der Waals surface area contributed by atoms with Crippen LogP contribution in [0.2, 0.25) is 0 Å². The minimum Gasteiger partial charge on any atom is -0.461 e. The Bertz CT molecular complexity index is 841. The van der Waals surface area contributed by atoms with Crippen LogP contribution >= 0.6 is 0 Å². The Balaban J connectivity index is 1.72. The molecule has 33 heavy (non-hydrogen) atoms. The van der Waals surface area contributed by atoms with Crippen LogP contribution in [0.15, 0.2) is 24.3 Å². The summed E-state index contributed by atoms with van der Waals surface area (Å²) in [7, 11) is 0. The van der Waals surface area contributed by atoms with Gasteiger partial charge in [-0.25, -0.2) is 0 Å². The van der Waals surface area contributed by atoms with Gasteiger partial charge in [0.15, 0.2) is 0 Å². The molecule has 8 nitrogen and oxygen atoms in total. The van der Waals surface area contributed by atoms with Gasteiger partial charge in [0.05, 0.1) is 11.5 Å². The standard InChI is InChI=1S/C25H36N2O6/c1-3-4-6-13-26-14-9-12-25-18(19-23(31)32-17-10-11-24(19,2)33-25)21(29)27(20(25)22(26)30)15-7-5-8-16-28/h9-12,18-20,28H,3-8,13-17H2,1-2H3/t18-,19+,20?,24-,25-/m0/s1. The Hall–Kier alpha value is -2.19. The summed E-state index contributed by atoms with van der Waals surface area (Å²) in [5.41, 5.74) is -2.22. The molecular formula is C25H36N2O6. The Kier molecular flexibility index (Phi) is 6.96. The minimum atomic E-state index is -1.20. The van der Waals surface area contributed by atoms with Crippen molar-refractivity contribution in [3.05, 3.63) is 24.3 Å². The number of aliphatic hydroxyl groups excluding tert-OH is 1. The minimum absolute atomic E-state index is 0.0958. The number of esters is 1. The van der Waals surface area contributed by atoms with E-state index in [0.29, 0.717) is 32.5 Å². The Morgan fingerprint density at radius 1 is 1.00 bits per heavy atom. The van der Waals surface area contributed by atoms with Crippen molar-refractivity contribution in [1.82, 2.24) is 9.80 Å². The molecule has 4 rings (SSSR count). The van der Waals surface area contributed by atoms with Crippen molar-refractivity contribution in [2.45, 2.75) is 69.6 Å². The van der Waals surface area contributed by atoms with Gasteiger partial charge in [-0.3, -0.25) is 14.4 Å². The average Bonchev–Trinajstić information content (AvgIpc) is 3.04. The second-order valence-electron chi connectivity index (χ2n) is 9.74. The molecule has 2 amide bonds. The summed E-state index contributed by atoms with van der Waals surface area (Å²) in [6.07, 6.45) is 12.4. The SMILES string of the molecule is CCCCCN1CC=C[C@]23O[C@@]4(C)C=CCOC(=O)[C@H]4[C@H]2C(=O)N(CCCCCO)C3C1=O. The maximum Gasteiger partial charge on any atom is 0.313 e. The molecule has 0 bridgehead atoms. The topological polar surface area (TPSA) is 96.4 Å². The molecule has 182 valence electrons. The van der Waals surface area contributed by atoms with Crippen LogP contribution in [0.3, 0.4) is 0 Å². The van der Waals surface area contributed by atoms with Gasteiger partial charge in [0.1, 0.15) is 24.2 Å². The van der Waals surface area contributed by atoms with Crippen LogP contribution in [0.5, 0.6) is 0 Å². The van der Waals surface area contributed by atoms with Gasteiger partial charge < -0.3 is 24.4 Å². The number of amides is 2. The maximum atomic E-state index is 13.9. The first-order valence-electron chi connectivity index (χ1n) is 12.3. The molecule has 2 saturated heterocycles. The third-order valence-electron chi connectivity index (χ3n) is 7.48. The number of carbonyl (C=O) groups is 3. The number of nitrogens with zero attached hydrogens (tertiary/aromatic N) is 2. The smallest absolute Gasteiger partial charge is 0.313 e. The lowest BCUT2D eigenvalue weighted by molar-refractivity contribution is -0.157. The highest BCUT2D eigenvalue weighted by Gasteiger charge is 2.74. The zero-order valence-electron chi connectivity index (χ0n) is 19.7. The van der Waals surface area contributed by atoms with E-state index in [1.165, 1.54) is 0 Å². The predicted molar refractivity (Wildman–Crippen MR) is 121 cm³/mol. The van der Waals surface area contributed by atoms with Crippen LogP contribution in [0.4, 0.5) is 0 Å². The molecule has 1 N–H and O–H groups in total. The Morgan fingerprint density at radius 2 is 1.79 bits per heavy atom. The van der Waals surface area contributed by atoms with Crippen molar-refractivity contribution in [2.75, 3.05) is 32.8 Å². The van der Waals surface area contributed by atoms with Crippen LogP contribution in [0.1, 0.15) is 52.4 Å². The quantitative estimate of drug-likeness (QED) is 0.320. The molecule has 0 radical (unpaired) electrons. The molecule has 0 aromatic heterocycles. The van der Waals surface area contributed by atoms with Gasteiger partial charge in [0, 0.05) is 26.2 Å². The molecule has 4 aliphatic rings. The highest BCUT2D eigenvalue weighted by molar-refractivity contribution is 5.99. The number of hydrogen-bond donors (Lipinski definition) is 1. The molecule has 0 aliphatic carbocycles. The highest BCUT2D eigenvalue weighted by Crippen LogP contribution is 2.57. The number of rotatable bonds is 9. The summed E-state index contributed by atoms with van der Waals surface area (Å²) in [5.74, 6) is -2.41. The largest absolute Gasteiger partial charge is 0.461 e. The van der Waals surface area contributed by atoms with E-state index in [-0.39, 0.29) is 25.0 Å². The molecule has 4 heterocycles. The highest BCUT2D eigenvalue weighted by atomic mass is 16.6. The van der Waals surface area contributed by atoms with Crippen LogP contribution in [0.25, 0.3) is 0 Å². The fourth-order valence-electron chi connectivity index (χ4n) is 5.97. The molecule has 1 unspecified atom stereocenters. The van der Waals surface area contributed by atoms with Crippen LogP contribution in [-0.2, 0) is 23.9 Å². The normalized spacial score (nSPS) is 35.2. The van der Waals surface area contributed by atoms with Crippen molar-refractivity contribution in [2.24, 2.45) is 11.8 Å². The summed E-state index contributed by atoms with van der Waals surface area (Å²) in [5, 5.41) is 9.13. The van der Waals surface area contributed by atoms with Gasteiger partial charge in [-0.1, -0.05) is 38.0 Å². The lowest BCUT2D eigenvalue weighted by Crippen LogP contribution is -2.56. The second kappa shape index (κ2) is 9.58. The number of unbranched alkanes of at least 4 members (excludes halogenated alkanes) is 4. The summed E-state index contributed by atoms with van der Waals surface area (Å²) >= 11 is 0. The molecule has 2 fully saturated rings. The predicted octanol–water partition coefficient (Wildman–Crippen LogP) is 1.82. The number of carbonyl (C=O) groups excluding carboxylic acids is 3. The van der Waals surface area contributed by atoms with E-state index in [1.807, 2.05) is 30.1 Å². The van der Waals surface area contributed by atoms with Gasteiger partial charge in [-0.2, -0.15) is 0 Å². The first kappa shape index (κ1) is 24.0. The number of hydrogen-bond acceptors (Lipinski definition) is 6. The van der Waals surface area contributed by atoms with Gasteiger partial charge in [-0.15, -0.1) is 0 Å². The third-order valence-corrected chi connectivity index (χ3v) is 7.48. The maximum absolute atomic E-state index is 13.9. The van der Waals surface area contributed by atoms with E-state index < -0.39 is 35.0 Å². The van der Waals surface area contributed by atoms with Gasteiger partial charge in [0.2, 0.25) is 11.8 Å². The van der Waals surface area contributed by atoms with Gasteiger partial charge in [0.25, 0.3) is 0 Å². The van der Waals surface area contributed by atoms with Crippen molar-refractivity contribution < 1.29 is 29.0 Å². The molecule has 0 aromatic carbocycles. The Labute approximate surface area is 195 Å². The third kappa shape index (κ3) is 4.01. The summed E-state index contributed by atoms with van der Waals surface area (Å²) in [6, 6.07) is -0.811. The van der Waals surface area contributed by atoms with Crippen molar-refractivity contribution in [3.63, 3.8) is 0 Å². The zero-order chi connectivity index (χ0) is 23.6. The number of fused-ring (bicyclic) bond motifs is 2. The second-order valence-corrected chi connectivity index (χ2v) is 9.74. The molecule has 0 saturated carbocycles. The van der Waals surface area contributed by atoms with E-state index in [0.717, 1.165) is 25.7 Å². The first-order valence-corrected chi connectivity index (χ1v) is 12.3. The number of ether oxygens (including phenoxy) is 2.